The van der Waals surface area contributed by atoms with Crippen LogP contribution < -0.4 is 5.32 Å². The first-order valence-electron chi connectivity index (χ1n) is 8.59. The largest absolute Gasteiger partial charge is 0.480 e. The van der Waals surface area contributed by atoms with Crippen molar-refractivity contribution in [1.82, 2.24) is 10.2 Å². The number of benzene rings is 1. The summed E-state index contributed by atoms with van der Waals surface area (Å²) in [5.74, 6) is -1.22. The van der Waals surface area contributed by atoms with Crippen LogP contribution in [0.25, 0.3) is 0 Å². The van der Waals surface area contributed by atoms with Crippen molar-refractivity contribution in [3.63, 3.8) is 0 Å². The molecule has 26 heavy (non-hydrogen) atoms. The number of amidine groups is 1. The Kier molecular flexibility index (Phi) is 4.99. The highest BCUT2D eigenvalue weighted by atomic mass is 32.2. The van der Waals surface area contributed by atoms with Crippen LogP contribution in [-0.2, 0) is 19.6 Å². The van der Waals surface area contributed by atoms with Crippen LogP contribution in [0.5, 0.6) is 0 Å². The van der Waals surface area contributed by atoms with Crippen LogP contribution in [-0.4, -0.2) is 54.8 Å². The third kappa shape index (κ3) is 3.31. The third-order valence-electron chi connectivity index (χ3n) is 4.63. The Bertz CT molecular complexity index is 865. The molecule has 3 rings (SSSR count). The molecule has 2 aliphatic heterocycles. The summed E-state index contributed by atoms with van der Waals surface area (Å²) in [7, 11) is -3.77. The lowest BCUT2D eigenvalue weighted by molar-refractivity contribution is -0.142. The van der Waals surface area contributed by atoms with E-state index in [1.807, 2.05) is 6.92 Å². The molecule has 0 aliphatic carbocycles. The minimum Gasteiger partial charge on any atom is -0.480 e. The number of nitrogens with zero attached hydrogens (tertiary/aromatic N) is 2. The van der Waals surface area contributed by atoms with Crippen molar-refractivity contribution in [1.29, 1.82) is 0 Å². The van der Waals surface area contributed by atoms with Crippen LogP contribution in [0, 0.1) is 0 Å². The summed E-state index contributed by atoms with van der Waals surface area (Å²) in [5, 5.41) is 11.8. The first kappa shape index (κ1) is 18.4. The Balaban J connectivity index is 1.85. The summed E-state index contributed by atoms with van der Waals surface area (Å²) < 4.78 is 28.4. The molecule has 9 heteroatoms. The lowest BCUT2D eigenvalue weighted by Gasteiger charge is -2.26. The zero-order chi connectivity index (χ0) is 18.9. The Labute approximate surface area is 152 Å². The summed E-state index contributed by atoms with van der Waals surface area (Å²) in [4.78, 5) is 25.8. The van der Waals surface area contributed by atoms with Crippen molar-refractivity contribution in [2.24, 2.45) is 4.40 Å². The van der Waals surface area contributed by atoms with Gasteiger partial charge in [-0.15, -0.1) is 4.40 Å². The molecule has 0 saturated carbocycles. The van der Waals surface area contributed by atoms with Gasteiger partial charge in [0, 0.05) is 12.1 Å². The fourth-order valence-electron chi connectivity index (χ4n) is 3.40. The second kappa shape index (κ2) is 7.06. The van der Waals surface area contributed by atoms with E-state index in [2.05, 4.69) is 9.71 Å². The molecule has 8 nitrogen and oxygen atoms in total. The number of hydrogen-bond donors (Lipinski definition) is 2. The number of amides is 1. The van der Waals surface area contributed by atoms with E-state index in [9.17, 15) is 23.1 Å². The fraction of sp³-hybridized carbons (Fsp3) is 0.471. The number of hydrogen-bond acceptors (Lipinski definition) is 5. The quantitative estimate of drug-likeness (QED) is 0.787. The van der Waals surface area contributed by atoms with Crippen molar-refractivity contribution >= 4 is 27.7 Å². The molecule has 1 saturated heterocycles. The van der Waals surface area contributed by atoms with Gasteiger partial charge in [0.05, 0.1) is 0 Å². The van der Waals surface area contributed by atoms with Gasteiger partial charge in [-0.2, -0.15) is 8.42 Å². The van der Waals surface area contributed by atoms with Crippen LogP contribution >= 0.6 is 0 Å². The molecule has 2 atom stereocenters. The average Bonchev–Trinajstić information content (AvgIpc) is 3.17. The number of nitrogens with one attached hydrogen (secondary N) is 1. The monoisotopic (exact) mass is 379 g/mol. The van der Waals surface area contributed by atoms with Crippen LogP contribution in [0.2, 0.25) is 0 Å². The highest BCUT2D eigenvalue weighted by molar-refractivity contribution is 7.90. The number of rotatable bonds is 5. The van der Waals surface area contributed by atoms with Crippen LogP contribution in [0.15, 0.2) is 33.6 Å². The molecule has 0 spiro atoms. The number of likely N-dealkylation sites (tertiary alicyclic amines) is 1. The molecule has 1 unspecified atom stereocenters. The van der Waals surface area contributed by atoms with Gasteiger partial charge in [0.15, 0.2) is 5.84 Å². The number of carbonyl (C=O) groups excluding carboxylic acids is 1. The maximum atomic E-state index is 12.7. The predicted octanol–water partition coefficient (Wildman–Crippen LogP) is 0.969. The van der Waals surface area contributed by atoms with Crippen LogP contribution in [0.1, 0.15) is 38.2 Å². The van der Waals surface area contributed by atoms with Crippen molar-refractivity contribution in [3.8, 4) is 0 Å². The topological polar surface area (TPSA) is 116 Å². The minimum atomic E-state index is -3.77. The number of carboxylic acids is 1. The molecule has 0 aromatic heterocycles. The Hall–Kier alpha value is -2.42. The molecule has 2 heterocycles. The summed E-state index contributed by atoms with van der Waals surface area (Å²) in [6.07, 6.45) is 2.19. The molecule has 0 radical (unpaired) electrons. The Morgan fingerprint density at radius 1 is 1.38 bits per heavy atom. The highest BCUT2D eigenvalue weighted by Gasteiger charge is 2.39. The van der Waals surface area contributed by atoms with E-state index in [-0.39, 0.29) is 10.7 Å². The lowest BCUT2D eigenvalue weighted by atomic mass is 10.1. The molecular formula is C17H21N3O5S. The molecule has 1 fully saturated rings. The Morgan fingerprint density at radius 3 is 2.81 bits per heavy atom. The molecule has 1 aromatic rings. The van der Waals surface area contributed by atoms with Crippen molar-refractivity contribution in [2.75, 3.05) is 6.54 Å². The summed E-state index contributed by atoms with van der Waals surface area (Å²) >= 11 is 0. The maximum Gasteiger partial charge on any atom is 0.326 e. The normalized spacial score (nSPS) is 21.8. The van der Waals surface area contributed by atoms with Crippen molar-refractivity contribution < 1.29 is 23.1 Å². The number of sulfonamides is 1. The number of fused-ring (bicyclic) bond motifs is 1. The van der Waals surface area contributed by atoms with Crippen molar-refractivity contribution in [2.45, 2.75) is 49.6 Å². The van der Waals surface area contributed by atoms with Gasteiger partial charge in [-0.1, -0.05) is 25.5 Å². The van der Waals surface area contributed by atoms with Gasteiger partial charge in [-0.3, -0.25) is 4.79 Å². The molecule has 2 N–H and O–H groups in total. The van der Waals surface area contributed by atoms with Gasteiger partial charge >= 0.3 is 5.97 Å². The van der Waals surface area contributed by atoms with E-state index in [1.165, 1.54) is 6.07 Å². The first-order valence-corrected chi connectivity index (χ1v) is 10.0. The zero-order valence-electron chi connectivity index (χ0n) is 14.4. The summed E-state index contributed by atoms with van der Waals surface area (Å²) in [6.45, 7) is 2.34. The summed E-state index contributed by atoms with van der Waals surface area (Å²) in [5.41, 5.74) is 0.482. The van der Waals surface area contributed by atoms with E-state index < -0.39 is 34.0 Å². The fourth-order valence-corrected chi connectivity index (χ4v) is 4.62. The third-order valence-corrected chi connectivity index (χ3v) is 5.96. The second-order valence-corrected chi connectivity index (χ2v) is 8.00. The molecule has 1 aromatic carbocycles. The standard InChI is InChI=1S/C17H21N3O5S/c1-2-6-12(17(22)23)18-16(21)13-8-5-10-20(13)15-11-7-3-4-9-14(11)26(24,25)19-15/h3-4,7,9,12-13H,2,5-6,8,10H2,1H3,(H,18,21)(H,22,23)/t12?,13-/m0/s1. The molecule has 0 bridgehead atoms. The van der Waals surface area contributed by atoms with Gasteiger partial charge in [0.2, 0.25) is 5.91 Å². The van der Waals surface area contributed by atoms with Crippen LogP contribution in [0.4, 0.5) is 0 Å². The number of aliphatic carboxylic acids is 1. The summed E-state index contributed by atoms with van der Waals surface area (Å²) in [6, 6.07) is 4.94. The van der Waals surface area contributed by atoms with Crippen LogP contribution in [0.3, 0.4) is 0 Å². The maximum absolute atomic E-state index is 12.7. The zero-order valence-corrected chi connectivity index (χ0v) is 15.2. The SMILES string of the molecule is CCCC(NC(=O)[C@@H]1CCCN1C1=NS(=O)(=O)c2ccccc21)C(=O)O. The number of carbonyl (C=O) groups is 2. The number of carboxylic acid groups (broad SMARTS) is 1. The second-order valence-electron chi connectivity index (χ2n) is 6.43. The van der Waals surface area contributed by atoms with E-state index in [1.54, 1.807) is 23.1 Å². The van der Waals surface area contributed by atoms with Gasteiger partial charge in [0.1, 0.15) is 17.0 Å². The van der Waals surface area contributed by atoms with E-state index in [0.29, 0.717) is 37.8 Å². The Morgan fingerprint density at radius 2 is 2.12 bits per heavy atom. The lowest BCUT2D eigenvalue weighted by Crippen LogP contribution is -2.50. The van der Waals surface area contributed by atoms with Gasteiger partial charge in [0.25, 0.3) is 10.0 Å². The van der Waals surface area contributed by atoms with Gasteiger partial charge in [-0.05, 0) is 31.4 Å². The van der Waals surface area contributed by atoms with E-state index in [0.717, 1.165) is 0 Å². The van der Waals surface area contributed by atoms with E-state index >= 15 is 0 Å². The van der Waals surface area contributed by atoms with Crippen molar-refractivity contribution in [3.05, 3.63) is 29.8 Å². The predicted molar refractivity (Wildman–Crippen MR) is 94.4 cm³/mol. The van der Waals surface area contributed by atoms with Gasteiger partial charge < -0.3 is 15.3 Å². The minimum absolute atomic E-state index is 0.135. The molecule has 140 valence electrons. The van der Waals surface area contributed by atoms with E-state index in [4.69, 9.17) is 0 Å². The molecule has 1 amide bonds. The first-order chi connectivity index (χ1) is 12.3. The molecular weight excluding hydrogens is 358 g/mol. The van der Waals surface area contributed by atoms with Gasteiger partial charge in [-0.25, -0.2) is 4.79 Å². The average molecular weight is 379 g/mol. The highest BCUT2D eigenvalue weighted by Crippen LogP contribution is 2.31. The smallest absolute Gasteiger partial charge is 0.326 e. The molecule has 2 aliphatic rings.